The number of carboxylic acid groups (broad SMARTS) is 1. The highest BCUT2D eigenvalue weighted by atomic mass is 19.1. The zero-order valence-corrected chi connectivity index (χ0v) is 10.3. The molecular formula is C13H15FN2O3. The van der Waals surface area contributed by atoms with Gasteiger partial charge in [0, 0.05) is 12.2 Å². The number of anilines is 1. The van der Waals surface area contributed by atoms with Gasteiger partial charge >= 0.3 is 5.97 Å². The van der Waals surface area contributed by atoms with Gasteiger partial charge < -0.3 is 15.7 Å². The molecule has 3 N–H and O–H groups in total. The molecule has 1 saturated heterocycles. The Hall–Kier alpha value is -1.95. The maximum absolute atomic E-state index is 13.2. The topological polar surface area (TPSA) is 78.4 Å². The lowest BCUT2D eigenvalue weighted by molar-refractivity contribution is -0.120. The summed E-state index contributed by atoms with van der Waals surface area (Å²) in [5.74, 6) is -2.47. The third-order valence-corrected chi connectivity index (χ3v) is 3.13. The van der Waals surface area contributed by atoms with Gasteiger partial charge in [0.25, 0.3) is 0 Å². The van der Waals surface area contributed by atoms with Gasteiger partial charge in [-0.3, -0.25) is 4.79 Å². The van der Waals surface area contributed by atoms with E-state index >= 15 is 0 Å². The monoisotopic (exact) mass is 266 g/mol. The lowest BCUT2D eigenvalue weighted by Crippen LogP contribution is -2.37. The molecule has 0 aliphatic carbocycles. The van der Waals surface area contributed by atoms with E-state index in [9.17, 15) is 14.0 Å². The second-order valence-corrected chi connectivity index (χ2v) is 4.53. The Morgan fingerprint density at radius 2 is 2.21 bits per heavy atom. The summed E-state index contributed by atoms with van der Waals surface area (Å²) in [4.78, 5) is 22.7. The molecule has 0 aromatic heterocycles. The van der Waals surface area contributed by atoms with E-state index in [4.69, 9.17) is 5.11 Å². The smallest absolute Gasteiger partial charge is 0.338 e. The number of nitrogens with one attached hydrogen (secondary N) is 2. The Bertz CT molecular complexity index is 499. The van der Waals surface area contributed by atoms with Crippen molar-refractivity contribution in [3.8, 4) is 0 Å². The van der Waals surface area contributed by atoms with E-state index in [-0.39, 0.29) is 11.8 Å². The summed E-state index contributed by atoms with van der Waals surface area (Å²) in [6.07, 6.45) is 1.73. The summed E-state index contributed by atoms with van der Waals surface area (Å²) in [6.45, 7) is 1.52. The summed E-state index contributed by atoms with van der Waals surface area (Å²) in [5.41, 5.74) is -0.144. The minimum Gasteiger partial charge on any atom is -0.478 e. The van der Waals surface area contributed by atoms with Crippen molar-refractivity contribution in [1.82, 2.24) is 5.32 Å². The van der Waals surface area contributed by atoms with Crippen LogP contribution in [0.2, 0.25) is 0 Å². The molecule has 1 aliphatic heterocycles. The summed E-state index contributed by atoms with van der Waals surface area (Å²) < 4.78 is 13.2. The van der Waals surface area contributed by atoms with E-state index in [0.29, 0.717) is 12.2 Å². The molecule has 0 spiro atoms. The van der Waals surface area contributed by atoms with Crippen molar-refractivity contribution in [2.75, 3.05) is 18.4 Å². The standard InChI is InChI=1S/C13H15FN2O3/c14-11-4-3-9(6-10(11)13(18)19)16-12(17)8-2-1-5-15-7-8/h3-4,6,8,15H,1-2,5,7H2,(H,16,17)(H,18,19)/t8-/m0/s1. The maximum Gasteiger partial charge on any atom is 0.338 e. The minimum atomic E-state index is -1.35. The van der Waals surface area contributed by atoms with Crippen LogP contribution in [-0.4, -0.2) is 30.1 Å². The highest BCUT2D eigenvalue weighted by molar-refractivity contribution is 5.95. The number of carbonyl (C=O) groups is 2. The third kappa shape index (κ3) is 3.29. The van der Waals surface area contributed by atoms with E-state index in [1.165, 1.54) is 6.07 Å². The van der Waals surface area contributed by atoms with Crippen molar-refractivity contribution in [1.29, 1.82) is 0 Å². The van der Waals surface area contributed by atoms with Gasteiger partial charge in [-0.2, -0.15) is 0 Å². The molecule has 5 nitrogen and oxygen atoms in total. The van der Waals surface area contributed by atoms with Crippen molar-refractivity contribution in [2.24, 2.45) is 5.92 Å². The van der Waals surface area contributed by atoms with Crippen LogP contribution >= 0.6 is 0 Å². The summed E-state index contributed by atoms with van der Waals surface area (Å²) in [7, 11) is 0. The predicted octanol–water partition coefficient (Wildman–Crippen LogP) is 1.46. The van der Waals surface area contributed by atoms with Gasteiger partial charge in [0.05, 0.1) is 11.5 Å². The molecule has 102 valence electrons. The predicted molar refractivity (Wildman–Crippen MR) is 67.6 cm³/mol. The maximum atomic E-state index is 13.2. The number of rotatable bonds is 3. The number of piperidine rings is 1. The van der Waals surface area contributed by atoms with Crippen LogP contribution in [0.4, 0.5) is 10.1 Å². The Balaban J connectivity index is 2.08. The van der Waals surface area contributed by atoms with Gasteiger partial charge in [-0.15, -0.1) is 0 Å². The van der Waals surface area contributed by atoms with Gasteiger partial charge in [-0.1, -0.05) is 0 Å². The van der Waals surface area contributed by atoms with E-state index in [1.54, 1.807) is 0 Å². The van der Waals surface area contributed by atoms with Crippen LogP contribution in [0.3, 0.4) is 0 Å². The summed E-state index contributed by atoms with van der Waals surface area (Å²) >= 11 is 0. The lowest BCUT2D eigenvalue weighted by Gasteiger charge is -2.21. The number of carboxylic acids is 1. The van der Waals surface area contributed by atoms with Crippen molar-refractivity contribution in [3.05, 3.63) is 29.6 Å². The van der Waals surface area contributed by atoms with Crippen LogP contribution in [-0.2, 0) is 4.79 Å². The number of halogens is 1. The Morgan fingerprint density at radius 3 is 2.84 bits per heavy atom. The van der Waals surface area contributed by atoms with E-state index in [2.05, 4.69) is 10.6 Å². The Morgan fingerprint density at radius 1 is 1.42 bits per heavy atom. The highest BCUT2D eigenvalue weighted by Gasteiger charge is 2.21. The normalized spacial score (nSPS) is 18.9. The zero-order valence-electron chi connectivity index (χ0n) is 10.3. The molecule has 6 heteroatoms. The minimum absolute atomic E-state index is 0.132. The van der Waals surface area contributed by atoms with Crippen molar-refractivity contribution >= 4 is 17.6 Å². The first kappa shape index (κ1) is 13.5. The number of hydrogen-bond donors (Lipinski definition) is 3. The molecule has 1 aromatic rings. The van der Waals surface area contributed by atoms with Crippen molar-refractivity contribution in [3.63, 3.8) is 0 Å². The molecule has 0 radical (unpaired) electrons. The molecule has 0 saturated carbocycles. The number of amides is 1. The molecule has 1 fully saturated rings. The lowest BCUT2D eigenvalue weighted by atomic mass is 9.98. The quantitative estimate of drug-likeness (QED) is 0.774. The van der Waals surface area contributed by atoms with Crippen LogP contribution in [0, 0.1) is 11.7 Å². The zero-order chi connectivity index (χ0) is 13.8. The molecule has 0 unspecified atom stereocenters. The first-order valence-electron chi connectivity index (χ1n) is 6.12. The third-order valence-electron chi connectivity index (χ3n) is 3.13. The fraction of sp³-hybridized carbons (Fsp3) is 0.385. The fourth-order valence-corrected chi connectivity index (χ4v) is 2.09. The molecule has 1 aliphatic rings. The van der Waals surface area contributed by atoms with E-state index < -0.39 is 17.3 Å². The van der Waals surface area contributed by atoms with E-state index in [0.717, 1.165) is 31.5 Å². The van der Waals surface area contributed by atoms with Gasteiger partial charge in [0.1, 0.15) is 5.82 Å². The average Bonchev–Trinajstić information content (AvgIpc) is 2.41. The fourth-order valence-electron chi connectivity index (χ4n) is 2.09. The van der Waals surface area contributed by atoms with Gasteiger partial charge in [-0.25, -0.2) is 9.18 Å². The highest BCUT2D eigenvalue weighted by Crippen LogP contribution is 2.17. The van der Waals surface area contributed by atoms with Crippen molar-refractivity contribution in [2.45, 2.75) is 12.8 Å². The van der Waals surface area contributed by atoms with Gasteiger partial charge in [0.2, 0.25) is 5.91 Å². The molecular weight excluding hydrogens is 251 g/mol. The van der Waals surface area contributed by atoms with Gasteiger partial charge in [-0.05, 0) is 37.6 Å². The molecule has 1 aromatic carbocycles. The largest absolute Gasteiger partial charge is 0.478 e. The average molecular weight is 266 g/mol. The molecule has 0 bridgehead atoms. The molecule has 1 amide bonds. The summed E-state index contributed by atoms with van der Waals surface area (Å²) in [6, 6.07) is 3.53. The Kier molecular flexibility index (Phi) is 4.11. The van der Waals surface area contributed by atoms with Crippen LogP contribution in [0.25, 0.3) is 0 Å². The second kappa shape index (κ2) is 5.79. The first-order valence-corrected chi connectivity index (χ1v) is 6.12. The second-order valence-electron chi connectivity index (χ2n) is 4.53. The molecule has 19 heavy (non-hydrogen) atoms. The number of carbonyl (C=O) groups excluding carboxylic acids is 1. The van der Waals surface area contributed by atoms with Crippen LogP contribution in [0.1, 0.15) is 23.2 Å². The van der Waals surface area contributed by atoms with Crippen LogP contribution < -0.4 is 10.6 Å². The summed E-state index contributed by atoms with van der Waals surface area (Å²) in [5, 5.41) is 14.6. The number of hydrogen-bond acceptors (Lipinski definition) is 3. The van der Waals surface area contributed by atoms with Crippen molar-refractivity contribution < 1.29 is 19.1 Å². The number of benzene rings is 1. The first-order chi connectivity index (χ1) is 9.08. The number of aromatic carboxylic acids is 1. The van der Waals surface area contributed by atoms with Crippen LogP contribution in [0.15, 0.2) is 18.2 Å². The van der Waals surface area contributed by atoms with E-state index in [1.807, 2.05) is 0 Å². The molecule has 1 atom stereocenters. The van der Waals surface area contributed by atoms with Crippen LogP contribution in [0.5, 0.6) is 0 Å². The molecule has 2 rings (SSSR count). The SMILES string of the molecule is O=C(O)c1cc(NC(=O)[C@H]2CCCNC2)ccc1F. The molecule has 1 heterocycles. The Labute approximate surface area is 109 Å². The van der Waals surface area contributed by atoms with Gasteiger partial charge in [0.15, 0.2) is 0 Å².